The average molecular weight is 161 g/mol. The van der Waals surface area contributed by atoms with Gasteiger partial charge in [-0.2, -0.15) is 0 Å². The molecule has 0 atom stereocenters. The van der Waals surface area contributed by atoms with Crippen LogP contribution in [0.5, 0.6) is 0 Å². The summed E-state index contributed by atoms with van der Waals surface area (Å²) in [5.74, 6) is 0. The van der Waals surface area contributed by atoms with Gasteiger partial charge in [0.15, 0.2) is 0 Å². The fourth-order valence-electron chi connectivity index (χ4n) is 0.185. The molecule has 0 fully saturated rings. The molecule has 0 bridgehead atoms. The first-order chi connectivity index (χ1) is 3.85. The summed E-state index contributed by atoms with van der Waals surface area (Å²) in [5, 5.41) is 16.5. The van der Waals surface area contributed by atoms with Crippen molar-refractivity contribution in [3.8, 4) is 0 Å². The van der Waals surface area contributed by atoms with E-state index in [2.05, 4.69) is 4.52 Å². The monoisotopic (exact) mass is 161 g/mol. The summed E-state index contributed by atoms with van der Waals surface area (Å²) in [4.78, 5) is 0. The second-order valence-electron chi connectivity index (χ2n) is 1.17. The van der Waals surface area contributed by atoms with Crippen LogP contribution in [-0.4, -0.2) is 29.5 Å². The standard InChI is InChI=1S/C3H7O4P.Na/c4-1-3(2-5)7-8-6;/h3-5H,1-2H2;/q;+1. The van der Waals surface area contributed by atoms with E-state index >= 15 is 0 Å². The summed E-state index contributed by atoms with van der Waals surface area (Å²) in [6.45, 7) is -0.628. The van der Waals surface area contributed by atoms with E-state index in [4.69, 9.17) is 10.2 Å². The Morgan fingerprint density at radius 2 is 1.89 bits per heavy atom. The third-order valence-corrected chi connectivity index (χ3v) is 0.984. The number of aliphatic hydroxyl groups is 2. The van der Waals surface area contributed by atoms with Crippen LogP contribution in [0.25, 0.3) is 0 Å². The van der Waals surface area contributed by atoms with Gasteiger partial charge in [-0.3, -0.25) is 4.52 Å². The predicted molar refractivity (Wildman–Crippen MR) is 26.7 cm³/mol. The molecule has 0 rings (SSSR count). The van der Waals surface area contributed by atoms with Crippen LogP contribution < -0.4 is 29.6 Å². The van der Waals surface area contributed by atoms with E-state index in [1.54, 1.807) is 0 Å². The second kappa shape index (κ2) is 8.98. The summed E-state index contributed by atoms with van der Waals surface area (Å²) in [6, 6.07) is 0. The molecule has 0 aliphatic rings. The van der Waals surface area contributed by atoms with E-state index in [0.29, 0.717) is 0 Å². The number of aliphatic hydroxyl groups excluding tert-OH is 2. The van der Waals surface area contributed by atoms with Crippen LogP contribution in [0.4, 0.5) is 0 Å². The maximum absolute atomic E-state index is 9.59. The van der Waals surface area contributed by atoms with Crippen molar-refractivity contribution in [2.24, 2.45) is 0 Å². The number of hydrogen-bond acceptors (Lipinski definition) is 4. The van der Waals surface area contributed by atoms with Gasteiger partial charge in [-0.1, -0.05) is 0 Å². The Hall–Kier alpha value is 0.980. The summed E-state index contributed by atoms with van der Waals surface area (Å²) in [7, 11) is -0.515. The maximum Gasteiger partial charge on any atom is 1.00 e. The maximum atomic E-state index is 9.59. The minimum absolute atomic E-state index is 0. The van der Waals surface area contributed by atoms with E-state index in [9.17, 15) is 4.57 Å². The first-order valence-electron chi connectivity index (χ1n) is 2.05. The van der Waals surface area contributed by atoms with E-state index in [0.717, 1.165) is 0 Å². The molecule has 0 unspecified atom stereocenters. The molecule has 0 saturated carbocycles. The van der Waals surface area contributed by atoms with Crippen molar-refractivity contribution in [3.05, 3.63) is 0 Å². The Labute approximate surface area is 76.8 Å². The topological polar surface area (TPSA) is 66.8 Å². The first-order valence-corrected chi connectivity index (χ1v) is 2.78. The molecule has 6 heteroatoms. The minimum atomic E-state index is -0.714. The van der Waals surface area contributed by atoms with Gasteiger partial charge in [0.2, 0.25) is 0 Å². The van der Waals surface area contributed by atoms with Gasteiger partial charge in [0.25, 0.3) is 0 Å². The van der Waals surface area contributed by atoms with Crippen molar-refractivity contribution in [3.63, 3.8) is 0 Å². The van der Waals surface area contributed by atoms with Crippen LogP contribution in [-0.2, 0) is 9.09 Å². The van der Waals surface area contributed by atoms with Gasteiger partial charge in [-0.05, 0) is 0 Å². The van der Waals surface area contributed by atoms with Gasteiger partial charge in [0.1, 0.15) is 6.10 Å². The molecule has 0 aromatic rings. The van der Waals surface area contributed by atoms with Gasteiger partial charge < -0.3 is 10.2 Å². The molecule has 9 heavy (non-hydrogen) atoms. The van der Waals surface area contributed by atoms with E-state index < -0.39 is 14.8 Å². The van der Waals surface area contributed by atoms with Gasteiger partial charge in [-0.15, -0.1) is 0 Å². The number of hydrogen-bond donors (Lipinski definition) is 2. The van der Waals surface area contributed by atoms with Crippen LogP contribution in [0, 0.1) is 0 Å². The summed E-state index contributed by atoms with van der Waals surface area (Å²) >= 11 is 0. The molecule has 0 radical (unpaired) electrons. The van der Waals surface area contributed by atoms with Crippen molar-refractivity contribution in [1.29, 1.82) is 0 Å². The average Bonchev–Trinajstić information content (AvgIpc) is 1.83. The van der Waals surface area contributed by atoms with Gasteiger partial charge in [0.05, 0.1) is 13.2 Å². The smallest absolute Gasteiger partial charge is 0.394 e. The first kappa shape index (κ1) is 12.6. The van der Waals surface area contributed by atoms with Gasteiger partial charge in [0, 0.05) is 0 Å². The van der Waals surface area contributed by atoms with Crippen molar-refractivity contribution in [2.45, 2.75) is 6.10 Å². The summed E-state index contributed by atoms with van der Waals surface area (Å²) < 4.78 is 13.8. The summed E-state index contributed by atoms with van der Waals surface area (Å²) in [5.41, 5.74) is 0. The Morgan fingerprint density at radius 3 is 2.00 bits per heavy atom. The van der Waals surface area contributed by atoms with Gasteiger partial charge in [-0.25, -0.2) is 4.57 Å². The molecular formula is C3H7NaO4P+. The van der Waals surface area contributed by atoms with Crippen LogP contribution in [0.2, 0.25) is 0 Å². The largest absolute Gasteiger partial charge is 1.00 e. The molecule has 0 spiro atoms. The quantitative estimate of drug-likeness (QED) is 0.332. The molecular weight excluding hydrogens is 154 g/mol. The van der Waals surface area contributed by atoms with E-state index in [-0.39, 0.29) is 42.8 Å². The Balaban J connectivity index is 0. The fourth-order valence-corrected chi connectivity index (χ4v) is 0.440. The molecule has 0 aromatic carbocycles. The molecule has 48 valence electrons. The van der Waals surface area contributed by atoms with Crippen molar-refractivity contribution in [1.82, 2.24) is 0 Å². The van der Waals surface area contributed by atoms with Crippen LogP contribution in [0.3, 0.4) is 0 Å². The van der Waals surface area contributed by atoms with Crippen LogP contribution >= 0.6 is 8.69 Å². The van der Waals surface area contributed by atoms with E-state index in [1.807, 2.05) is 0 Å². The van der Waals surface area contributed by atoms with Crippen molar-refractivity contribution < 1.29 is 48.9 Å². The second-order valence-corrected chi connectivity index (χ2v) is 1.53. The molecule has 0 amide bonds. The zero-order chi connectivity index (χ0) is 6.41. The van der Waals surface area contributed by atoms with Crippen molar-refractivity contribution >= 4 is 8.69 Å². The molecule has 0 aromatic heterocycles. The zero-order valence-electron chi connectivity index (χ0n) is 5.15. The van der Waals surface area contributed by atoms with Gasteiger partial charge >= 0.3 is 38.2 Å². The molecule has 0 aliphatic heterocycles. The Morgan fingerprint density at radius 1 is 1.44 bits per heavy atom. The van der Waals surface area contributed by atoms with Crippen LogP contribution in [0.15, 0.2) is 0 Å². The Kier molecular flexibility index (Phi) is 12.6. The predicted octanol–water partition coefficient (Wildman–Crippen LogP) is -3.43. The van der Waals surface area contributed by atoms with Crippen molar-refractivity contribution in [2.75, 3.05) is 13.2 Å². The normalized spacial score (nSPS) is 9.67. The van der Waals surface area contributed by atoms with E-state index in [1.165, 1.54) is 0 Å². The van der Waals surface area contributed by atoms with Crippen LogP contribution in [0.1, 0.15) is 0 Å². The summed E-state index contributed by atoms with van der Waals surface area (Å²) in [6.07, 6.45) is -0.714. The molecule has 0 aliphatic carbocycles. The fraction of sp³-hybridized carbons (Fsp3) is 1.00. The molecule has 0 saturated heterocycles. The minimum Gasteiger partial charge on any atom is -0.394 e. The molecule has 2 N–H and O–H groups in total. The third-order valence-electron chi connectivity index (χ3n) is 0.599. The third kappa shape index (κ3) is 6.87. The molecule has 4 nitrogen and oxygen atoms in total. The zero-order valence-corrected chi connectivity index (χ0v) is 8.04. The SMILES string of the molecule is O=POC(CO)CO.[Na+]. The number of rotatable bonds is 4. The molecule has 0 heterocycles. The Bertz CT molecular complexity index is 66.8.